The van der Waals surface area contributed by atoms with Crippen molar-refractivity contribution in [3.8, 4) is 16.9 Å². The summed E-state index contributed by atoms with van der Waals surface area (Å²) in [6.45, 7) is 0. The van der Waals surface area contributed by atoms with Crippen molar-refractivity contribution in [3.63, 3.8) is 0 Å². The summed E-state index contributed by atoms with van der Waals surface area (Å²) in [5.74, 6) is 0.0817. The molecule has 0 atom stereocenters. The molecule has 0 saturated heterocycles. The zero-order valence-corrected chi connectivity index (χ0v) is 9.11. The van der Waals surface area contributed by atoms with Gasteiger partial charge in [-0.1, -0.05) is 12.1 Å². The van der Waals surface area contributed by atoms with E-state index in [1.54, 1.807) is 18.2 Å². The Bertz CT molecular complexity index is 538. The number of pyridine rings is 1. The van der Waals surface area contributed by atoms with Crippen LogP contribution in [-0.2, 0) is 0 Å². The summed E-state index contributed by atoms with van der Waals surface area (Å²) in [7, 11) is 0. The van der Waals surface area contributed by atoms with Gasteiger partial charge in [0.15, 0.2) is 0 Å². The lowest BCUT2D eigenvalue weighted by Crippen LogP contribution is -2.17. The van der Waals surface area contributed by atoms with Gasteiger partial charge in [-0.25, -0.2) is 4.98 Å². The van der Waals surface area contributed by atoms with Gasteiger partial charge in [-0.2, -0.15) is 0 Å². The molecule has 1 heterocycles. The lowest BCUT2D eigenvalue weighted by molar-refractivity contribution is -0.274. The second-order valence-corrected chi connectivity index (χ2v) is 3.55. The summed E-state index contributed by atoms with van der Waals surface area (Å²) in [5, 5.41) is 0. The summed E-state index contributed by atoms with van der Waals surface area (Å²) in [4.78, 5) is 3.87. The van der Waals surface area contributed by atoms with Crippen LogP contribution < -0.4 is 10.5 Å². The predicted octanol–water partition coefficient (Wildman–Crippen LogP) is 3.23. The molecule has 94 valence electrons. The van der Waals surface area contributed by atoms with Crippen molar-refractivity contribution in [1.82, 2.24) is 4.98 Å². The highest BCUT2D eigenvalue weighted by molar-refractivity contribution is 5.65. The van der Waals surface area contributed by atoms with Crippen LogP contribution >= 0.6 is 0 Å². The highest BCUT2D eigenvalue weighted by Crippen LogP contribution is 2.27. The molecule has 2 N–H and O–H groups in total. The SMILES string of the molecule is Nc1ccc(-c2cccc(OC(F)(F)F)c2)cn1. The molecule has 0 saturated carbocycles. The van der Waals surface area contributed by atoms with Crippen LogP contribution in [0.25, 0.3) is 11.1 Å². The topological polar surface area (TPSA) is 48.1 Å². The second-order valence-electron chi connectivity index (χ2n) is 3.55. The van der Waals surface area contributed by atoms with Gasteiger partial charge in [0, 0.05) is 11.8 Å². The van der Waals surface area contributed by atoms with Crippen LogP contribution in [0.1, 0.15) is 0 Å². The first kappa shape index (κ1) is 12.2. The van der Waals surface area contributed by atoms with Crippen LogP contribution in [0.4, 0.5) is 19.0 Å². The molecule has 2 rings (SSSR count). The van der Waals surface area contributed by atoms with Crippen LogP contribution in [0.15, 0.2) is 42.6 Å². The average Bonchev–Trinajstić information content (AvgIpc) is 2.28. The first-order chi connectivity index (χ1) is 8.44. The Morgan fingerprint density at radius 2 is 1.83 bits per heavy atom. The Morgan fingerprint density at radius 3 is 2.44 bits per heavy atom. The maximum absolute atomic E-state index is 12.1. The Kier molecular flexibility index (Phi) is 3.10. The van der Waals surface area contributed by atoms with E-state index in [1.165, 1.54) is 24.4 Å². The summed E-state index contributed by atoms with van der Waals surface area (Å²) in [6.07, 6.45) is -3.21. The van der Waals surface area contributed by atoms with Gasteiger partial charge in [0.25, 0.3) is 0 Å². The summed E-state index contributed by atoms with van der Waals surface area (Å²) >= 11 is 0. The van der Waals surface area contributed by atoms with Crippen molar-refractivity contribution in [2.45, 2.75) is 6.36 Å². The quantitative estimate of drug-likeness (QED) is 0.895. The van der Waals surface area contributed by atoms with Crippen molar-refractivity contribution in [3.05, 3.63) is 42.6 Å². The molecule has 0 unspecified atom stereocenters. The third-order valence-electron chi connectivity index (χ3n) is 2.19. The molecular formula is C12H9F3N2O. The van der Waals surface area contributed by atoms with Crippen molar-refractivity contribution in [2.75, 3.05) is 5.73 Å². The number of nitrogens with two attached hydrogens (primary N) is 1. The van der Waals surface area contributed by atoms with Gasteiger partial charge < -0.3 is 10.5 Å². The van der Waals surface area contributed by atoms with E-state index in [-0.39, 0.29) is 5.75 Å². The van der Waals surface area contributed by atoms with Gasteiger partial charge in [-0.05, 0) is 29.8 Å². The fourth-order valence-electron chi connectivity index (χ4n) is 1.45. The third kappa shape index (κ3) is 3.13. The number of ether oxygens (including phenoxy) is 1. The Balaban J connectivity index is 2.29. The highest BCUT2D eigenvalue weighted by atomic mass is 19.4. The smallest absolute Gasteiger partial charge is 0.406 e. The molecule has 0 radical (unpaired) electrons. The number of benzene rings is 1. The van der Waals surface area contributed by atoms with Crippen molar-refractivity contribution in [1.29, 1.82) is 0 Å². The van der Waals surface area contributed by atoms with Gasteiger partial charge in [-0.15, -0.1) is 13.2 Å². The first-order valence-electron chi connectivity index (χ1n) is 5.02. The molecule has 3 nitrogen and oxygen atoms in total. The van der Waals surface area contributed by atoms with Crippen molar-refractivity contribution in [2.24, 2.45) is 0 Å². The predicted molar refractivity (Wildman–Crippen MR) is 60.8 cm³/mol. The largest absolute Gasteiger partial charge is 0.573 e. The van der Waals surface area contributed by atoms with Crippen LogP contribution in [0, 0.1) is 0 Å². The number of alkyl halides is 3. The van der Waals surface area contributed by atoms with Crippen molar-refractivity contribution >= 4 is 5.82 Å². The maximum atomic E-state index is 12.1. The molecule has 0 aliphatic rings. The number of nitrogens with zero attached hydrogens (tertiary/aromatic N) is 1. The third-order valence-corrected chi connectivity index (χ3v) is 2.19. The molecule has 0 spiro atoms. The van der Waals surface area contributed by atoms with Gasteiger partial charge in [0.05, 0.1) is 0 Å². The van der Waals surface area contributed by atoms with Gasteiger partial charge >= 0.3 is 6.36 Å². The fraction of sp³-hybridized carbons (Fsp3) is 0.0833. The normalized spacial score (nSPS) is 11.3. The number of nitrogen functional groups attached to an aromatic ring is 1. The van der Waals surface area contributed by atoms with E-state index in [4.69, 9.17) is 5.73 Å². The molecule has 0 bridgehead atoms. The number of anilines is 1. The molecule has 1 aromatic heterocycles. The lowest BCUT2D eigenvalue weighted by atomic mass is 10.1. The van der Waals surface area contributed by atoms with Crippen LogP contribution in [0.3, 0.4) is 0 Å². The van der Waals surface area contributed by atoms with Crippen LogP contribution in [0.5, 0.6) is 5.75 Å². The van der Waals surface area contributed by atoms with Gasteiger partial charge in [0.2, 0.25) is 0 Å². The van der Waals surface area contributed by atoms with E-state index < -0.39 is 6.36 Å². The number of hydrogen-bond acceptors (Lipinski definition) is 3. The van der Waals surface area contributed by atoms with Crippen molar-refractivity contribution < 1.29 is 17.9 Å². The molecule has 0 aliphatic heterocycles. The van der Waals surface area contributed by atoms with E-state index in [9.17, 15) is 13.2 Å². The first-order valence-corrected chi connectivity index (χ1v) is 5.02. The Morgan fingerprint density at radius 1 is 1.06 bits per heavy atom. The fourth-order valence-corrected chi connectivity index (χ4v) is 1.45. The van der Waals surface area contributed by atoms with E-state index in [2.05, 4.69) is 9.72 Å². The lowest BCUT2D eigenvalue weighted by Gasteiger charge is -2.10. The summed E-state index contributed by atoms with van der Waals surface area (Å²) < 4.78 is 40.1. The Labute approximate surface area is 101 Å². The minimum atomic E-state index is -4.70. The number of aromatic nitrogens is 1. The highest BCUT2D eigenvalue weighted by Gasteiger charge is 2.31. The molecule has 0 fully saturated rings. The number of halogens is 3. The van der Waals surface area contributed by atoms with Gasteiger partial charge in [0.1, 0.15) is 11.6 Å². The van der Waals surface area contributed by atoms with E-state index in [0.717, 1.165) is 0 Å². The minimum Gasteiger partial charge on any atom is -0.406 e. The number of hydrogen-bond donors (Lipinski definition) is 1. The minimum absolute atomic E-state index is 0.267. The zero-order valence-electron chi connectivity index (χ0n) is 9.11. The van der Waals surface area contributed by atoms with Crippen LogP contribution in [-0.4, -0.2) is 11.3 Å². The molecule has 18 heavy (non-hydrogen) atoms. The molecule has 6 heteroatoms. The van der Waals surface area contributed by atoms with E-state index in [1.807, 2.05) is 0 Å². The molecule has 1 aromatic carbocycles. The molecule has 0 aliphatic carbocycles. The summed E-state index contributed by atoms with van der Waals surface area (Å²) in [5.41, 5.74) is 6.67. The standard InChI is InChI=1S/C12H9F3N2O/c13-12(14,15)18-10-3-1-2-8(6-10)9-4-5-11(16)17-7-9/h1-7H,(H2,16,17). The van der Waals surface area contributed by atoms with E-state index >= 15 is 0 Å². The molecule has 0 amide bonds. The second kappa shape index (κ2) is 4.56. The average molecular weight is 254 g/mol. The number of rotatable bonds is 2. The van der Waals surface area contributed by atoms with E-state index in [0.29, 0.717) is 16.9 Å². The van der Waals surface area contributed by atoms with Gasteiger partial charge in [-0.3, -0.25) is 0 Å². The monoisotopic (exact) mass is 254 g/mol. The Hall–Kier alpha value is -2.24. The summed E-state index contributed by atoms with van der Waals surface area (Å²) in [6, 6.07) is 8.92. The molecular weight excluding hydrogens is 245 g/mol. The van der Waals surface area contributed by atoms with Crippen LogP contribution in [0.2, 0.25) is 0 Å². The molecule has 2 aromatic rings. The maximum Gasteiger partial charge on any atom is 0.573 e. The zero-order chi connectivity index (χ0) is 13.2.